The molecule has 5 unspecified atom stereocenters. The van der Waals surface area contributed by atoms with Crippen LogP contribution >= 0.6 is 11.8 Å². The van der Waals surface area contributed by atoms with Gasteiger partial charge in [-0.15, -0.1) is 0 Å². The number of aliphatic hydroxyl groups excluding tert-OH is 1. The molecule has 0 saturated heterocycles. The van der Waals surface area contributed by atoms with Gasteiger partial charge in [0.1, 0.15) is 0 Å². The number of rotatable bonds is 3. The molecule has 3 heteroatoms. The van der Waals surface area contributed by atoms with Crippen molar-refractivity contribution in [2.75, 3.05) is 6.26 Å². The molecule has 0 aromatic carbocycles. The van der Waals surface area contributed by atoms with E-state index in [9.17, 15) is 10.2 Å². The van der Waals surface area contributed by atoms with E-state index in [1.165, 1.54) is 25.7 Å². The van der Waals surface area contributed by atoms with Crippen molar-refractivity contribution in [3.63, 3.8) is 0 Å². The van der Waals surface area contributed by atoms with Crippen LogP contribution in [0.15, 0.2) is 0 Å². The topological polar surface area (TPSA) is 40.5 Å². The van der Waals surface area contributed by atoms with Crippen LogP contribution in [-0.4, -0.2) is 33.4 Å². The zero-order chi connectivity index (χ0) is 15.0. The Morgan fingerprint density at radius 3 is 2.43 bits per heavy atom. The van der Waals surface area contributed by atoms with Gasteiger partial charge in [-0.05, 0) is 87.7 Å². The first-order valence-electron chi connectivity index (χ1n) is 8.96. The maximum atomic E-state index is 11.4. The van der Waals surface area contributed by atoms with E-state index in [-0.39, 0.29) is 6.10 Å². The van der Waals surface area contributed by atoms with Gasteiger partial charge in [0.2, 0.25) is 0 Å². The summed E-state index contributed by atoms with van der Waals surface area (Å²) in [5, 5.41) is 22.2. The lowest BCUT2D eigenvalue weighted by Crippen LogP contribution is -2.44. The first-order valence-corrected chi connectivity index (χ1v) is 10.2. The van der Waals surface area contributed by atoms with Crippen molar-refractivity contribution in [2.24, 2.45) is 23.7 Å². The fraction of sp³-hybridized carbons (Fsp3) is 1.00. The Labute approximate surface area is 134 Å². The van der Waals surface area contributed by atoms with Crippen molar-refractivity contribution in [2.45, 2.75) is 81.7 Å². The van der Waals surface area contributed by atoms with Crippen LogP contribution in [0.1, 0.15) is 64.7 Å². The normalized spacial score (nSPS) is 50.9. The minimum absolute atomic E-state index is 0.113. The SMILES string of the molecule is CSC1CCC(CC2(O)C(C)CC3CC(O)CCC32)CC1. The van der Waals surface area contributed by atoms with Gasteiger partial charge in [0.05, 0.1) is 11.7 Å². The molecule has 0 heterocycles. The number of thioether (sulfide) groups is 1. The molecule has 0 aromatic heterocycles. The van der Waals surface area contributed by atoms with Gasteiger partial charge in [-0.25, -0.2) is 0 Å². The number of hydrogen-bond donors (Lipinski definition) is 2. The van der Waals surface area contributed by atoms with Crippen LogP contribution in [0.5, 0.6) is 0 Å². The van der Waals surface area contributed by atoms with Crippen LogP contribution in [0, 0.1) is 23.7 Å². The van der Waals surface area contributed by atoms with Crippen LogP contribution in [0.25, 0.3) is 0 Å². The van der Waals surface area contributed by atoms with E-state index in [0.717, 1.165) is 43.3 Å². The van der Waals surface area contributed by atoms with Crippen LogP contribution < -0.4 is 0 Å². The molecule has 122 valence electrons. The van der Waals surface area contributed by atoms with Gasteiger partial charge >= 0.3 is 0 Å². The molecule has 2 N–H and O–H groups in total. The van der Waals surface area contributed by atoms with Crippen molar-refractivity contribution in [1.82, 2.24) is 0 Å². The smallest absolute Gasteiger partial charge is 0.0706 e. The first-order chi connectivity index (χ1) is 10.0. The van der Waals surface area contributed by atoms with Crippen molar-refractivity contribution < 1.29 is 10.2 Å². The van der Waals surface area contributed by atoms with Crippen LogP contribution in [0.4, 0.5) is 0 Å². The maximum absolute atomic E-state index is 11.4. The van der Waals surface area contributed by atoms with Crippen LogP contribution in [0.2, 0.25) is 0 Å². The fourth-order valence-electron chi connectivity index (χ4n) is 5.57. The zero-order valence-electron chi connectivity index (χ0n) is 13.6. The molecule has 0 aromatic rings. The molecular weight excluding hydrogens is 280 g/mol. The van der Waals surface area contributed by atoms with Gasteiger partial charge in [0.25, 0.3) is 0 Å². The standard InChI is InChI=1S/C18H32O2S/c1-12-9-14-10-15(19)5-8-17(14)18(12,20)11-13-3-6-16(21-2)7-4-13/h12-17,19-20H,3-11H2,1-2H3. The third-order valence-corrected chi connectivity index (χ3v) is 7.99. The summed E-state index contributed by atoms with van der Waals surface area (Å²) in [5.74, 6) is 2.16. The highest BCUT2D eigenvalue weighted by Gasteiger charge is 2.53. The summed E-state index contributed by atoms with van der Waals surface area (Å²) >= 11 is 2.02. The molecule has 2 nitrogen and oxygen atoms in total. The van der Waals surface area contributed by atoms with Crippen LogP contribution in [-0.2, 0) is 0 Å². The van der Waals surface area contributed by atoms with E-state index in [0.29, 0.717) is 17.8 Å². The van der Waals surface area contributed by atoms with Crippen molar-refractivity contribution in [3.8, 4) is 0 Å². The lowest BCUT2D eigenvalue weighted by atomic mass is 9.69. The summed E-state index contributed by atoms with van der Waals surface area (Å²) in [6, 6.07) is 0. The summed E-state index contributed by atoms with van der Waals surface area (Å²) in [4.78, 5) is 0. The Hall–Kier alpha value is 0.270. The van der Waals surface area contributed by atoms with Crippen molar-refractivity contribution in [1.29, 1.82) is 0 Å². The Balaban J connectivity index is 1.63. The predicted molar refractivity (Wildman–Crippen MR) is 89.4 cm³/mol. The van der Waals surface area contributed by atoms with Gasteiger partial charge in [0, 0.05) is 5.25 Å². The molecular formula is C18H32O2S. The Morgan fingerprint density at radius 1 is 1.05 bits per heavy atom. The lowest BCUT2D eigenvalue weighted by Gasteiger charge is -2.42. The quantitative estimate of drug-likeness (QED) is 0.831. The highest BCUT2D eigenvalue weighted by Crippen LogP contribution is 2.54. The molecule has 0 radical (unpaired) electrons. The third-order valence-electron chi connectivity index (χ3n) is 6.85. The Morgan fingerprint density at radius 2 is 1.76 bits per heavy atom. The van der Waals surface area contributed by atoms with Crippen molar-refractivity contribution in [3.05, 3.63) is 0 Å². The largest absolute Gasteiger partial charge is 0.393 e. The van der Waals surface area contributed by atoms with E-state index in [4.69, 9.17) is 0 Å². The molecule has 0 amide bonds. The molecule has 3 aliphatic carbocycles. The summed E-state index contributed by atoms with van der Waals surface area (Å²) in [6.45, 7) is 2.25. The second-order valence-electron chi connectivity index (χ2n) is 8.04. The maximum Gasteiger partial charge on any atom is 0.0706 e. The highest BCUT2D eigenvalue weighted by molar-refractivity contribution is 7.99. The van der Waals surface area contributed by atoms with Gasteiger partial charge in [-0.3, -0.25) is 0 Å². The average molecular weight is 313 g/mol. The monoisotopic (exact) mass is 312 g/mol. The highest BCUT2D eigenvalue weighted by atomic mass is 32.2. The third kappa shape index (κ3) is 3.16. The number of aliphatic hydroxyl groups is 2. The fourth-order valence-corrected chi connectivity index (χ4v) is 6.31. The molecule has 0 bridgehead atoms. The summed E-state index contributed by atoms with van der Waals surface area (Å²) in [7, 11) is 0. The van der Waals surface area contributed by atoms with E-state index >= 15 is 0 Å². The minimum atomic E-state index is -0.443. The van der Waals surface area contributed by atoms with E-state index in [2.05, 4.69) is 13.2 Å². The zero-order valence-corrected chi connectivity index (χ0v) is 14.4. The van der Waals surface area contributed by atoms with E-state index in [1.807, 2.05) is 11.8 Å². The molecule has 21 heavy (non-hydrogen) atoms. The average Bonchev–Trinajstić information content (AvgIpc) is 2.70. The van der Waals surface area contributed by atoms with Gasteiger partial charge in [-0.2, -0.15) is 11.8 Å². The van der Waals surface area contributed by atoms with Crippen LogP contribution in [0.3, 0.4) is 0 Å². The Kier molecular flexibility index (Phi) is 4.93. The molecule has 5 atom stereocenters. The second kappa shape index (κ2) is 6.41. The second-order valence-corrected chi connectivity index (χ2v) is 9.18. The van der Waals surface area contributed by atoms with E-state index < -0.39 is 5.60 Å². The molecule has 3 saturated carbocycles. The summed E-state index contributed by atoms with van der Waals surface area (Å²) in [6.07, 6.45) is 12.4. The van der Waals surface area contributed by atoms with Crippen molar-refractivity contribution >= 4 is 11.8 Å². The summed E-state index contributed by atoms with van der Waals surface area (Å²) in [5.41, 5.74) is -0.443. The Bertz CT molecular complexity index is 353. The number of hydrogen-bond acceptors (Lipinski definition) is 3. The molecule has 3 rings (SSSR count). The molecule has 3 fully saturated rings. The minimum Gasteiger partial charge on any atom is -0.393 e. The molecule has 3 aliphatic rings. The number of fused-ring (bicyclic) bond motifs is 1. The first kappa shape index (κ1) is 16.1. The van der Waals surface area contributed by atoms with E-state index in [1.54, 1.807) is 0 Å². The van der Waals surface area contributed by atoms with Gasteiger partial charge < -0.3 is 10.2 Å². The molecule has 0 spiro atoms. The van der Waals surface area contributed by atoms with Gasteiger partial charge in [0.15, 0.2) is 0 Å². The summed E-state index contributed by atoms with van der Waals surface area (Å²) < 4.78 is 0. The van der Waals surface area contributed by atoms with Gasteiger partial charge in [-0.1, -0.05) is 6.92 Å². The lowest BCUT2D eigenvalue weighted by molar-refractivity contribution is -0.0762. The molecule has 0 aliphatic heterocycles. The predicted octanol–water partition coefficient (Wildman–Crippen LogP) is 3.85.